The molecule has 0 spiro atoms. The van der Waals surface area contributed by atoms with E-state index >= 15 is 0 Å². The molecule has 0 saturated heterocycles. The molecule has 0 amide bonds. The predicted octanol–water partition coefficient (Wildman–Crippen LogP) is 4.37. The van der Waals surface area contributed by atoms with E-state index in [0.29, 0.717) is 5.56 Å². The second-order valence-corrected chi connectivity index (χ2v) is 4.52. The molecule has 1 rings (SSSR count). The third-order valence-electron chi connectivity index (χ3n) is 3.02. The third-order valence-corrected chi connectivity index (χ3v) is 3.02. The van der Waals surface area contributed by atoms with Gasteiger partial charge in [0.2, 0.25) is 0 Å². The van der Waals surface area contributed by atoms with Crippen LogP contribution in [-0.2, 0) is 4.74 Å². The van der Waals surface area contributed by atoms with Crippen LogP contribution in [-0.4, -0.2) is 11.6 Å². The van der Waals surface area contributed by atoms with E-state index in [2.05, 4.69) is 20.4 Å². The second kappa shape index (κ2) is 7.00. The van der Waals surface area contributed by atoms with Crippen LogP contribution in [0.5, 0.6) is 0 Å². The molecule has 0 fully saturated rings. The number of hydrogen-bond acceptors (Lipinski definition) is 2. The molecule has 2 heteroatoms. The first-order chi connectivity index (χ1) is 8.67. The Hall–Kier alpha value is -1.57. The SMILES string of the molecule is C=CC(CCC)(CCC)OC(=O)c1ccccc1. The van der Waals surface area contributed by atoms with Crippen LogP contribution >= 0.6 is 0 Å². The summed E-state index contributed by atoms with van der Waals surface area (Å²) >= 11 is 0. The second-order valence-electron chi connectivity index (χ2n) is 4.52. The van der Waals surface area contributed by atoms with Gasteiger partial charge in [-0.15, -0.1) is 0 Å². The van der Waals surface area contributed by atoms with Gasteiger partial charge in [-0.2, -0.15) is 0 Å². The largest absolute Gasteiger partial charge is 0.451 e. The first-order valence-electron chi connectivity index (χ1n) is 6.59. The zero-order valence-corrected chi connectivity index (χ0v) is 11.3. The minimum atomic E-state index is -0.517. The Balaban J connectivity index is 2.83. The van der Waals surface area contributed by atoms with Crippen molar-refractivity contribution in [1.82, 2.24) is 0 Å². The molecule has 98 valence electrons. The highest BCUT2D eigenvalue weighted by molar-refractivity contribution is 5.89. The average Bonchev–Trinajstić information content (AvgIpc) is 2.40. The van der Waals surface area contributed by atoms with Gasteiger partial charge in [0.1, 0.15) is 5.60 Å². The summed E-state index contributed by atoms with van der Waals surface area (Å²) in [4.78, 5) is 12.1. The lowest BCUT2D eigenvalue weighted by atomic mass is 9.92. The molecule has 0 unspecified atom stereocenters. The van der Waals surface area contributed by atoms with E-state index in [1.807, 2.05) is 18.2 Å². The van der Waals surface area contributed by atoms with Gasteiger partial charge in [-0.05, 0) is 31.1 Å². The minimum Gasteiger partial charge on any atom is -0.451 e. The third kappa shape index (κ3) is 3.73. The van der Waals surface area contributed by atoms with Gasteiger partial charge in [-0.1, -0.05) is 51.5 Å². The van der Waals surface area contributed by atoms with Crippen LogP contribution in [0.25, 0.3) is 0 Å². The molecule has 0 aliphatic heterocycles. The van der Waals surface area contributed by atoms with Gasteiger partial charge in [0.15, 0.2) is 0 Å². The molecular formula is C16H22O2. The van der Waals surface area contributed by atoms with E-state index in [0.717, 1.165) is 25.7 Å². The molecule has 1 aromatic rings. The van der Waals surface area contributed by atoms with E-state index in [-0.39, 0.29) is 5.97 Å². The molecule has 0 N–H and O–H groups in total. The van der Waals surface area contributed by atoms with Crippen molar-refractivity contribution in [2.24, 2.45) is 0 Å². The van der Waals surface area contributed by atoms with Gasteiger partial charge in [0.25, 0.3) is 0 Å². The number of carbonyl (C=O) groups excluding carboxylic acids is 1. The lowest BCUT2D eigenvalue weighted by Gasteiger charge is -2.30. The molecule has 0 atom stereocenters. The molecule has 1 aromatic carbocycles. The maximum absolute atomic E-state index is 12.1. The lowest BCUT2D eigenvalue weighted by Crippen LogP contribution is -2.32. The number of rotatable bonds is 7. The summed E-state index contributed by atoms with van der Waals surface area (Å²) in [6.07, 6.45) is 5.36. The Bertz CT molecular complexity index is 375. The van der Waals surface area contributed by atoms with Crippen molar-refractivity contribution in [3.05, 3.63) is 48.6 Å². The summed E-state index contributed by atoms with van der Waals surface area (Å²) in [5, 5.41) is 0. The van der Waals surface area contributed by atoms with Crippen LogP contribution in [0.1, 0.15) is 49.9 Å². The Kier molecular flexibility index (Phi) is 5.63. The van der Waals surface area contributed by atoms with E-state index in [4.69, 9.17) is 4.74 Å². The summed E-state index contributed by atoms with van der Waals surface area (Å²) in [5.74, 6) is -0.266. The number of ether oxygens (including phenoxy) is 1. The Labute approximate surface area is 110 Å². The van der Waals surface area contributed by atoms with Crippen molar-refractivity contribution in [3.63, 3.8) is 0 Å². The number of carbonyl (C=O) groups is 1. The average molecular weight is 246 g/mol. The topological polar surface area (TPSA) is 26.3 Å². The predicted molar refractivity (Wildman–Crippen MR) is 74.6 cm³/mol. The monoisotopic (exact) mass is 246 g/mol. The maximum atomic E-state index is 12.1. The van der Waals surface area contributed by atoms with Crippen LogP contribution in [0.4, 0.5) is 0 Å². The van der Waals surface area contributed by atoms with Gasteiger partial charge in [-0.25, -0.2) is 4.79 Å². The first-order valence-corrected chi connectivity index (χ1v) is 6.59. The van der Waals surface area contributed by atoms with Crippen molar-refractivity contribution in [3.8, 4) is 0 Å². The van der Waals surface area contributed by atoms with Gasteiger partial charge in [0, 0.05) is 0 Å². The molecule has 0 aliphatic rings. The Morgan fingerprint density at radius 2 is 1.78 bits per heavy atom. The fourth-order valence-corrected chi connectivity index (χ4v) is 2.14. The molecule has 18 heavy (non-hydrogen) atoms. The summed E-state index contributed by atoms with van der Waals surface area (Å²) in [5.41, 5.74) is 0.0760. The number of esters is 1. The molecule has 0 aromatic heterocycles. The normalized spacial score (nSPS) is 11.0. The van der Waals surface area contributed by atoms with Crippen molar-refractivity contribution >= 4 is 5.97 Å². The van der Waals surface area contributed by atoms with Crippen molar-refractivity contribution in [2.75, 3.05) is 0 Å². The van der Waals surface area contributed by atoms with Gasteiger partial charge in [0.05, 0.1) is 5.56 Å². The van der Waals surface area contributed by atoms with Gasteiger partial charge < -0.3 is 4.74 Å². The summed E-state index contributed by atoms with van der Waals surface area (Å²) in [7, 11) is 0. The summed E-state index contributed by atoms with van der Waals surface area (Å²) in [6, 6.07) is 9.11. The molecular weight excluding hydrogens is 224 g/mol. The number of hydrogen-bond donors (Lipinski definition) is 0. The van der Waals surface area contributed by atoms with Crippen LogP contribution < -0.4 is 0 Å². The Morgan fingerprint density at radius 3 is 2.22 bits per heavy atom. The van der Waals surface area contributed by atoms with Crippen molar-refractivity contribution in [2.45, 2.75) is 45.1 Å². The van der Waals surface area contributed by atoms with E-state index < -0.39 is 5.60 Å². The molecule has 0 radical (unpaired) electrons. The summed E-state index contributed by atoms with van der Waals surface area (Å²) in [6.45, 7) is 8.02. The molecule has 0 aliphatic carbocycles. The minimum absolute atomic E-state index is 0.266. The molecule has 2 nitrogen and oxygen atoms in total. The molecule has 0 saturated carbocycles. The highest BCUT2D eigenvalue weighted by Gasteiger charge is 2.29. The van der Waals surface area contributed by atoms with Gasteiger partial charge in [-0.3, -0.25) is 0 Å². The highest BCUT2D eigenvalue weighted by atomic mass is 16.6. The fourth-order valence-electron chi connectivity index (χ4n) is 2.14. The quantitative estimate of drug-likeness (QED) is 0.527. The maximum Gasteiger partial charge on any atom is 0.338 e. The Morgan fingerprint density at radius 1 is 1.22 bits per heavy atom. The molecule has 0 bridgehead atoms. The lowest BCUT2D eigenvalue weighted by molar-refractivity contribution is -0.00358. The zero-order chi connectivity index (χ0) is 13.4. The first kappa shape index (κ1) is 14.5. The standard InChI is InChI=1S/C16H22O2/c1-4-12-16(6-3,13-5-2)18-15(17)14-10-8-7-9-11-14/h6-11H,3-5,12-13H2,1-2H3. The molecule has 0 heterocycles. The highest BCUT2D eigenvalue weighted by Crippen LogP contribution is 2.27. The van der Waals surface area contributed by atoms with Crippen LogP contribution in [0.3, 0.4) is 0 Å². The van der Waals surface area contributed by atoms with Crippen LogP contribution in [0.15, 0.2) is 43.0 Å². The smallest absolute Gasteiger partial charge is 0.338 e. The van der Waals surface area contributed by atoms with Crippen molar-refractivity contribution < 1.29 is 9.53 Å². The van der Waals surface area contributed by atoms with Gasteiger partial charge >= 0.3 is 5.97 Å². The van der Waals surface area contributed by atoms with E-state index in [1.54, 1.807) is 18.2 Å². The van der Waals surface area contributed by atoms with Crippen molar-refractivity contribution in [1.29, 1.82) is 0 Å². The summed E-state index contributed by atoms with van der Waals surface area (Å²) < 4.78 is 5.70. The number of benzene rings is 1. The van der Waals surface area contributed by atoms with Crippen LogP contribution in [0.2, 0.25) is 0 Å². The van der Waals surface area contributed by atoms with E-state index in [1.165, 1.54) is 0 Å². The zero-order valence-electron chi connectivity index (χ0n) is 11.3. The van der Waals surface area contributed by atoms with Crippen LogP contribution in [0, 0.1) is 0 Å². The van der Waals surface area contributed by atoms with E-state index in [9.17, 15) is 4.79 Å². The fraction of sp³-hybridized carbons (Fsp3) is 0.438.